The second kappa shape index (κ2) is 8.47. The van der Waals surface area contributed by atoms with Crippen molar-refractivity contribution in [1.82, 2.24) is 0 Å². The van der Waals surface area contributed by atoms with Crippen molar-refractivity contribution in [2.45, 2.75) is 32.1 Å². The Morgan fingerprint density at radius 3 is 2.15 bits per heavy atom. The fourth-order valence-electron chi connectivity index (χ4n) is 1.14. The van der Waals surface area contributed by atoms with Gasteiger partial charge < -0.3 is 0 Å². The van der Waals surface area contributed by atoms with E-state index in [2.05, 4.69) is 37.9 Å². The van der Waals surface area contributed by atoms with Crippen LogP contribution in [0.15, 0.2) is 17.7 Å². The van der Waals surface area contributed by atoms with Crippen LogP contribution < -0.4 is 0 Å². The fraction of sp³-hybridized carbons (Fsp3) is 0.556. The monoisotopic (exact) mass is 313 g/mol. The van der Waals surface area contributed by atoms with Gasteiger partial charge in [0.2, 0.25) is 0 Å². The molecule has 0 N–H and O–H groups in total. The molecule has 0 radical (unpaired) electrons. The average Bonchev–Trinajstić information content (AvgIpc) is 2.12. The third kappa shape index (κ3) is 9.46. The van der Waals surface area contributed by atoms with E-state index in [4.69, 9.17) is 0 Å². The Hall–Kier alpha value is 1.16. The minimum Gasteiger partial charge on any atom is -0.270 e. The SMILES string of the molecule is C[Si](C)(C)CC1=[C-]CC=C1.Cl.Cl.[Zr]. The van der Waals surface area contributed by atoms with Crippen LogP contribution in [0.3, 0.4) is 0 Å². The van der Waals surface area contributed by atoms with Gasteiger partial charge >= 0.3 is 0 Å². The molecule has 0 heterocycles. The number of rotatable bonds is 2. The van der Waals surface area contributed by atoms with Crippen LogP contribution in [-0.4, -0.2) is 8.07 Å². The first kappa shape index (κ1) is 19.7. The molecule has 1 aliphatic carbocycles. The molecule has 0 atom stereocenters. The van der Waals surface area contributed by atoms with Crippen molar-refractivity contribution in [2.75, 3.05) is 0 Å². The van der Waals surface area contributed by atoms with Crippen molar-refractivity contribution in [3.63, 3.8) is 0 Å². The number of allylic oxidation sites excluding steroid dienone is 4. The van der Waals surface area contributed by atoms with E-state index in [9.17, 15) is 0 Å². The first-order valence-electron chi connectivity index (χ1n) is 3.84. The second-order valence-corrected chi connectivity index (χ2v) is 9.52. The standard InChI is InChI=1S/C9H15Si.2ClH.Zr/c1-10(2,3)8-9-6-4-5-7-9;;;/h4,6H,5,8H2,1-3H3;2*1H;/q-1;;;. The maximum absolute atomic E-state index is 3.35. The zero-order chi connectivity index (χ0) is 7.61. The van der Waals surface area contributed by atoms with Crippen LogP contribution in [0.1, 0.15) is 6.42 Å². The first-order valence-corrected chi connectivity index (χ1v) is 7.55. The van der Waals surface area contributed by atoms with E-state index in [-0.39, 0.29) is 51.0 Å². The summed E-state index contributed by atoms with van der Waals surface area (Å²) in [5.41, 5.74) is 1.44. The van der Waals surface area contributed by atoms with Crippen molar-refractivity contribution in [3.8, 4) is 0 Å². The summed E-state index contributed by atoms with van der Waals surface area (Å²) in [6.45, 7) is 7.19. The van der Waals surface area contributed by atoms with Crippen molar-refractivity contribution in [3.05, 3.63) is 23.8 Å². The summed E-state index contributed by atoms with van der Waals surface area (Å²) in [5.74, 6) is 0. The van der Waals surface area contributed by atoms with Crippen LogP contribution in [0, 0.1) is 6.08 Å². The van der Waals surface area contributed by atoms with Gasteiger partial charge in [-0.15, -0.1) is 31.2 Å². The average molecular weight is 315 g/mol. The van der Waals surface area contributed by atoms with Crippen LogP contribution in [-0.2, 0) is 26.2 Å². The molecule has 0 aliphatic heterocycles. The van der Waals surface area contributed by atoms with E-state index in [0.717, 1.165) is 6.42 Å². The Morgan fingerprint density at radius 1 is 1.31 bits per heavy atom. The number of hydrogen-bond donors (Lipinski definition) is 0. The molecule has 0 saturated heterocycles. The summed E-state index contributed by atoms with van der Waals surface area (Å²) in [6.07, 6.45) is 8.81. The van der Waals surface area contributed by atoms with Gasteiger partial charge in [0.15, 0.2) is 0 Å². The van der Waals surface area contributed by atoms with Gasteiger partial charge in [-0.1, -0.05) is 25.7 Å². The summed E-state index contributed by atoms with van der Waals surface area (Å²) in [7, 11) is -0.873. The summed E-state index contributed by atoms with van der Waals surface area (Å²) in [4.78, 5) is 0. The summed E-state index contributed by atoms with van der Waals surface area (Å²) in [5, 5.41) is 0. The molecule has 0 spiro atoms. The van der Waals surface area contributed by atoms with E-state index < -0.39 is 8.07 Å². The predicted octanol–water partition coefficient (Wildman–Crippen LogP) is 3.86. The molecule has 0 aromatic heterocycles. The molecule has 0 saturated carbocycles. The molecule has 0 aromatic carbocycles. The topological polar surface area (TPSA) is 0 Å². The largest absolute Gasteiger partial charge is 0.270 e. The van der Waals surface area contributed by atoms with E-state index in [1.807, 2.05) is 0 Å². The third-order valence-corrected chi connectivity index (χ3v) is 2.93. The van der Waals surface area contributed by atoms with Gasteiger partial charge in [0.25, 0.3) is 0 Å². The van der Waals surface area contributed by atoms with Crippen molar-refractivity contribution >= 4 is 32.9 Å². The van der Waals surface area contributed by atoms with E-state index >= 15 is 0 Å². The molecule has 76 valence electrons. The minimum absolute atomic E-state index is 0. The quantitative estimate of drug-likeness (QED) is 0.536. The Balaban J connectivity index is -0.000000333. The van der Waals surface area contributed by atoms with Crippen molar-refractivity contribution < 1.29 is 26.2 Å². The normalized spacial score (nSPS) is 13.6. The molecule has 0 amide bonds. The molecular weight excluding hydrogens is 298 g/mol. The molecular formula is C9H17Cl2SiZr-. The Kier molecular flexibility index (Phi) is 12.8. The summed E-state index contributed by atoms with van der Waals surface area (Å²) >= 11 is 0. The molecule has 0 bridgehead atoms. The zero-order valence-electron chi connectivity index (χ0n) is 8.39. The van der Waals surface area contributed by atoms with E-state index in [1.165, 1.54) is 11.6 Å². The third-order valence-electron chi connectivity index (χ3n) is 1.49. The molecule has 13 heavy (non-hydrogen) atoms. The van der Waals surface area contributed by atoms with Crippen LogP contribution in [0.4, 0.5) is 0 Å². The number of hydrogen-bond acceptors (Lipinski definition) is 0. The Labute approximate surface area is 114 Å². The van der Waals surface area contributed by atoms with Crippen LogP contribution in [0.5, 0.6) is 0 Å². The van der Waals surface area contributed by atoms with Gasteiger partial charge in [-0.2, -0.15) is 6.08 Å². The molecule has 1 aliphatic rings. The van der Waals surface area contributed by atoms with Crippen LogP contribution in [0.2, 0.25) is 25.7 Å². The maximum atomic E-state index is 3.35. The van der Waals surface area contributed by atoms with Crippen molar-refractivity contribution in [1.29, 1.82) is 0 Å². The first-order chi connectivity index (χ1) is 4.58. The second-order valence-electron chi connectivity index (χ2n) is 4.05. The van der Waals surface area contributed by atoms with Crippen molar-refractivity contribution in [2.24, 2.45) is 0 Å². The number of halogens is 2. The Morgan fingerprint density at radius 2 is 1.85 bits per heavy atom. The Bertz CT molecular complexity index is 183. The minimum atomic E-state index is -0.873. The van der Waals surface area contributed by atoms with Crippen LogP contribution in [0.25, 0.3) is 0 Å². The smallest absolute Gasteiger partial charge is 0.0456 e. The van der Waals surface area contributed by atoms with Gasteiger partial charge in [-0.25, -0.2) is 11.6 Å². The predicted molar refractivity (Wildman–Crippen MR) is 63.2 cm³/mol. The molecule has 0 nitrogen and oxygen atoms in total. The maximum Gasteiger partial charge on any atom is 0.0456 e. The molecule has 1 rings (SSSR count). The fourth-order valence-corrected chi connectivity index (χ4v) is 2.53. The summed E-state index contributed by atoms with van der Waals surface area (Å²) < 4.78 is 0. The van der Waals surface area contributed by atoms with Gasteiger partial charge in [-0.05, 0) is 0 Å². The molecule has 4 heteroatoms. The van der Waals surface area contributed by atoms with Crippen LogP contribution >= 0.6 is 24.8 Å². The molecule has 0 aromatic rings. The zero-order valence-corrected chi connectivity index (χ0v) is 13.5. The van der Waals surface area contributed by atoms with E-state index in [0.29, 0.717) is 0 Å². The summed E-state index contributed by atoms with van der Waals surface area (Å²) in [6, 6.07) is 1.30. The van der Waals surface area contributed by atoms with Gasteiger partial charge in [0, 0.05) is 34.3 Å². The molecule has 0 unspecified atom stereocenters. The van der Waals surface area contributed by atoms with E-state index in [1.54, 1.807) is 0 Å². The van der Waals surface area contributed by atoms with Gasteiger partial charge in [0.1, 0.15) is 0 Å². The van der Waals surface area contributed by atoms with Gasteiger partial charge in [0.05, 0.1) is 0 Å². The molecule has 0 fully saturated rings. The van der Waals surface area contributed by atoms with Gasteiger partial charge in [-0.3, -0.25) is 6.08 Å².